The highest BCUT2D eigenvalue weighted by molar-refractivity contribution is 6.14. The van der Waals surface area contributed by atoms with E-state index in [2.05, 4.69) is 29.4 Å². The minimum absolute atomic E-state index is 0.229. The molecular formula is C17H23N3O3. The maximum Gasteiger partial charge on any atom is 0.326 e. The number of nitrogens with one attached hydrogen (secondary N) is 2. The maximum atomic E-state index is 11.7. The second-order valence-corrected chi connectivity index (χ2v) is 5.21. The minimum atomic E-state index is -0.503. The Labute approximate surface area is 136 Å². The summed E-state index contributed by atoms with van der Waals surface area (Å²) in [7, 11) is 0. The maximum absolute atomic E-state index is 11.7. The molecule has 6 nitrogen and oxygen atoms in total. The molecular weight excluding hydrogens is 294 g/mol. The third kappa shape index (κ3) is 4.03. The van der Waals surface area contributed by atoms with Crippen LogP contribution in [0.5, 0.6) is 5.75 Å². The first kappa shape index (κ1) is 16.9. The lowest BCUT2D eigenvalue weighted by atomic mass is 10.1. The van der Waals surface area contributed by atoms with Crippen molar-refractivity contribution in [3.63, 3.8) is 0 Å². The smallest absolute Gasteiger partial charge is 0.326 e. The van der Waals surface area contributed by atoms with Crippen molar-refractivity contribution in [1.82, 2.24) is 10.6 Å². The van der Waals surface area contributed by atoms with E-state index in [9.17, 15) is 9.59 Å². The number of nitrogens with zero attached hydrogens (tertiary/aromatic N) is 1. The lowest BCUT2D eigenvalue weighted by molar-refractivity contribution is -0.115. The van der Waals surface area contributed by atoms with Crippen molar-refractivity contribution >= 4 is 23.7 Å². The van der Waals surface area contributed by atoms with E-state index in [1.165, 1.54) is 0 Å². The van der Waals surface area contributed by atoms with Crippen LogP contribution in [0, 0.1) is 0 Å². The van der Waals surface area contributed by atoms with E-state index in [1.54, 1.807) is 6.08 Å². The van der Waals surface area contributed by atoms with Gasteiger partial charge in [0.05, 0.1) is 6.61 Å². The number of rotatable bonds is 7. The van der Waals surface area contributed by atoms with Gasteiger partial charge in [0, 0.05) is 30.4 Å². The van der Waals surface area contributed by atoms with Gasteiger partial charge in [-0.15, -0.1) is 0 Å². The van der Waals surface area contributed by atoms with Gasteiger partial charge >= 0.3 is 6.03 Å². The average Bonchev–Trinajstić information content (AvgIpc) is 2.85. The van der Waals surface area contributed by atoms with Crippen molar-refractivity contribution in [3.05, 3.63) is 29.5 Å². The van der Waals surface area contributed by atoms with Crippen LogP contribution in [0.1, 0.15) is 32.8 Å². The van der Waals surface area contributed by atoms with E-state index in [0.717, 1.165) is 30.8 Å². The number of hydrogen-bond donors (Lipinski definition) is 2. The SMILES string of the molecule is CCCOc1cc(N(CC)CC)ccc1/C=C1/NC(=O)NC1=O. The van der Waals surface area contributed by atoms with E-state index in [0.29, 0.717) is 12.4 Å². The normalized spacial score (nSPS) is 15.5. The van der Waals surface area contributed by atoms with Crippen LogP contribution in [-0.4, -0.2) is 31.6 Å². The van der Waals surface area contributed by atoms with Crippen molar-refractivity contribution in [2.75, 3.05) is 24.6 Å². The van der Waals surface area contributed by atoms with Crippen molar-refractivity contribution in [3.8, 4) is 5.75 Å². The summed E-state index contributed by atoms with van der Waals surface area (Å²) in [5, 5.41) is 4.68. The molecule has 23 heavy (non-hydrogen) atoms. The van der Waals surface area contributed by atoms with Crippen LogP contribution in [0.25, 0.3) is 6.08 Å². The van der Waals surface area contributed by atoms with Gasteiger partial charge in [0.15, 0.2) is 0 Å². The van der Waals surface area contributed by atoms with E-state index in [-0.39, 0.29) is 5.70 Å². The van der Waals surface area contributed by atoms with Gasteiger partial charge in [0.2, 0.25) is 0 Å². The molecule has 1 fully saturated rings. The Bertz CT molecular complexity index is 622. The molecule has 0 atom stereocenters. The fourth-order valence-electron chi connectivity index (χ4n) is 2.40. The van der Waals surface area contributed by atoms with Crippen molar-refractivity contribution < 1.29 is 14.3 Å². The Morgan fingerprint density at radius 1 is 1.13 bits per heavy atom. The number of imide groups is 1. The largest absolute Gasteiger partial charge is 0.493 e. The Kier molecular flexibility index (Phi) is 5.62. The van der Waals surface area contributed by atoms with Crippen LogP contribution < -0.4 is 20.3 Å². The fraction of sp³-hybridized carbons (Fsp3) is 0.412. The number of amides is 3. The predicted octanol–water partition coefficient (Wildman–Crippen LogP) is 2.50. The fourth-order valence-corrected chi connectivity index (χ4v) is 2.40. The lowest BCUT2D eigenvalue weighted by Crippen LogP contribution is -2.22. The Morgan fingerprint density at radius 3 is 2.43 bits per heavy atom. The molecule has 0 spiro atoms. The lowest BCUT2D eigenvalue weighted by Gasteiger charge is -2.22. The molecule has 0 aromatic heterocycles. The first-order valence-corrected chi connectivity index (χ1v) is 7.94. The van der Waals surface area contributed by atoms with E-state index >= 15 is 0 Å². The molecule has 124 valence electrons. The zero-order valence-electron chi connectivity index (χ0n) is 13.8. The molecule has 1 heterocycles. The highest BCUT2D eigenvalue weighted by Gasteiger charge is 2.23. The molecule has 0 unspecified atom stereocenters. The topological polar surface area (TPSA) is 70.7 Å². The second kappa shape index (κ2) is 7.67. The van der Waals surface area contributed by atoms with Crippen molar-refractivity contribution in [2.45, 2.75) is 27.2 Å². The number of carbonyl (C=O) groups is 2. The number of benzene rings is 1. The van der Waals surface area contributed by atoms with Gasteiger partial charge in [-0.05, 0) is 38.5 Å². The molecule has 0 aliphatic carbocycles. The summed E-state index contributed by atoms with van der Waals surface area (Å²) in [4.78, 5) is 25.1. The molecule has 0 saturated carbocycles. The van der Waals surface area contributed by atoms with Gasteiger partial charge in [0.25, 0.3) is 5.91 Å². The summed E-state index contributed by atoms with van der Waals surface area (Å²) in [6.07, 6.45) is 2.53. The molecule has 0 radical (unpaired) electrons. The molecule has 2 rings (SSSR count). The molecule has 3 amide bonds. The summed E-state index contributed by atoms with van der Waals surface area (Å²) in [5.74, 6) is 0.280. The molecule has 0 bridgehead atoms. The average molecular weight is 317 g/mol. The third-order valence-corrected chi connectivity index (χ3v) is 3.61. The molecule has 1 aliphatic rings. The first-order chi connectivity index (χ1) is 11.1. The number of ether oxygens (including phenoxy) is 1. The summed E-state index contributed by atoms with van der Waals surface area (Å²) in [6, 6.07) is 5.37. The van der Waals surface area contributed by atoms with Gasteiger partial charge < -0.3 is 15.0 Å². The zero-order valence-corrected chi connectivity index (χ0v) is 13.8. The van der Waals surface area contributed by atoms with Gasteiger partial charge in [-0.1, -0.05) is 6.92 Å². The zero-order chi connectivity index (χ0) is 16.8. The van der Waals surface area contributed by atoms with Gasteiger partial charge in [-0.25, -0.2) is 4.79 Å². The highest BCUT2D eigenvalue weighted by Crippen LogP contribution is 2.28. The van der Waals surface area contributed by atoms with Crippen LogP contribution >= 0.6 is 0 Å². The van der Waals surface area contributed by atoms with Crippen LogP contribution in [-0.2, 0) is 4.79 Å². The predicted molar refractivity (Wildman–Crippen MR) is 90.4 cm³/mol. The molecule has 2 N–H and O–H groups in total. The monoisotopic (exact) mass is 317 g/mol. The molecule has 1 aliphatic heterocycles. The number of carbonyl (C=O) groups excluding carboxylic acids is 2. The van der Waals surface area contributed by atoms with Crippen LogP contribution in [0.2, 0.25) is 0 Å². The number of urea groups is 1. The van der Waals surface area contributed by atoms with E-state index in [1.807, 2.05) is 25.1 Å². The minimum Gasteiger partial charge on any atom is -0.493 e. The summed E-state index contributed by atoms with van der Waals surface area (Å²) >= 11 is 0. The quantitative estimate of drug-likeness (QED) is 0.599. The first-order valence-electron chi connectivity index (χ1n) is 7.94. The Morgan fingerprint density at radius 2 is 1.87 bits per heavy atom. The van der Waals surface area contributed by atoms with Gasteiger partial charge in [-0.2, -0.15) is 0 Å². The standard InChI is InChI=1S/C17H23N3O3/c1-4-9-23-15-11-13(20(5-2)6-3)8-7-12(15)10-14-16(21)19-17(22)18-14/h7-8,10-11H,4-6,9H2,1-3H3,(H2,18,19,21,22)/b14-10+. The molecule has 1 saturated heterocycles. The Balaban J connectivity index is 2.36. The van der Waals surface area contributed by atoms with Crippen LogP contribution in [0.4, 0.5) is 10.5 Å². The highest BCUT2D eigenvalue weighted by atomic mass is 16.5. The third-order valence-electron chi connectivity index (χ3n) is 3.61. The number of hydrogen-bond acceptors (Lipinski definition) is 4. The molecule has 6 heteroatoms. The van der Waals surface area contributed by atoms with Crippen LogP contribution in [0.3, 0.4) is 0 Å². The number of anilines is 1. The van der Waals surface area contributed by atoms with Gasteiger partial charge in [-0.3, -0.25) is 10.1 Å². The summed E-state index contributed by atoms with van der Waals surface area (Å²) in [5.41, 5.74) is 2.07. The second-order valence-electron chi connectivity index (χ2n) is 5.21. The Hall–Kier alpha value is -2.50. The summed E-state index contributed by atoms with van der Waals surface area (Å²) in [6.45, 7) is 8.65. The summed E-state index contributed by atoms with van der Waals surface area (Å²) < 4.78 is 5.82. The van der Waals surface area contributed by atoms with Gasteiger partial charge in [0.1, 0.15) is 11.4 Å². The van der Waals surface area contributed by atoms with E-state index in [4.69, 9.17) is 4.74 Å². The van der Waals surface area contributed by atoms with E-state index < -0.39 is 11.9 Å². The molecule has 1 aromatic carbocycles. The van der Waals surface area contributed by atoms with Crippen molar-refractivity contribution in [2.24, 2.45) is 0 Å². The van der Waals surface area contributed by atoms with Crippen molar-refractivity contribution in [1.29, 1.82) is 0 Å². The van der Waals surface area contributed by atoms with Crippen LogP contribution in [0.15, 0.2) is 23.9 Å². The molecule has 1 aromatic rings.